The predicted molar refractivity (Wildman–Crippen MR) is 121 cm³/mol. The number of aliphatic imine (C=N–C) groups is 1. The normalized spacial score (nSPS) is 15.0. The summed E-state index contributed by atoms with van der Waals surface area (Å²) in [4.78, 5) is 22.9. The molecule has 1 saturated heterocycles. The van der Waals surface area contributed by atoms with Gasteiger partial charge in [0.2, 0.25) is 5.91 Å². The van der Waals surface area contributed by atoms with Crippen molar-refractivity contribution in [1.29, 1.82) is 0 Å². The Morgan fingerprint density at radius 2 is 1.94 bits per heavy atom. The molecule has 0 aliphatic carbocycles. The molecule has 31 heavy (non-hydrogen) atoms. The highest BCUT2D eigenvalue weighted by atomic mass is 19.1. The number of pyridine rings is 1. The number of amides is 1. The molecule has 1 aromatic heterocycles. The Bertz CT molecular complexity index is 895. The van der Waals surface area contributed by atoms with Gasteiger partial charge in [0.1, 0.15) is 11.6 Å². The number of carbonyl (C=O) groups excluding carboxylic acids is 1. The molecular formula is C23H31FN6O. The van der Waals surface area contributed by atoms with Gasteiger partial charge in [-0.05, 0) is 43.9 Å². The number of piperidine rings is 1. The zero-order valence-corrected chi connectivity index (χ0v) is 18.0. The number of anilines is 1. The van der Waals surface area contributed by atoms with Gasteiger partial charge in [-0.2, -0.15) is 0 Å². The summed E-state index contributed by atoms with van der Waals surface area (Å²) in [6, 6.07) is 10.7. The molecule has 0 atom stereocenters. The first-order valence-electron chi connectivity index (χ1n) is 10.8. The van der Waals surface area contributed by atoms with Gasteiger partial charge in [-0.25, -0.2) is 14.4 Å². The van der Waals surface area contributed by atoms with E-state index in [-0.39, 0.29) is 17.6 Å². The molecule has 2 aromatic rings. The van der Waals surface area contributed by atoms with Crippen LogP contribution in [0.3, 0.4) is 0 Å². The summed E-state index contributed by atoms with van der Waals surface area (Å²) in [5, 5.41) is 6.50. The number of hydrogen-bond acceptors (Lipinski definition) is 4. The van der Waals surface area contributed by atoms with Crippen LogP contribution in [0.15, 0.2) is 47.6 Å². The van der Waals surface area contributed by atoms with E-state index in [2.05, 4.69) is 20.5 Å². The molecule has 1 fully saturated rings. The molecule has 0 radical (unpaired) electrons. The van der Waals surface area contributed by atoms with Crippen molar-refractivity contribution in [2.75, 3.05) is 31.1 Å². The molecule has 1 aliphatic rings. The number of halogens is 1. The van der Waals surface area contributed by atoms with E-state index in [0.29, 0.717) is 31.0 Å². The average Bonchev–Trinajstić information content (AvgIpc) is 2.79. The molecule has 8 heteroatoms. The summed E-state index contributed by atoms with van der Waals surface area (Å²) in [6.07, 6.45) is 3.84. The zero-order chi connectivity index (χ0) is 22.1. The van der Waals surface area contributed by atoms with E-state index in [9.17, 15) is 9.18 Å². The molecule has 3 rings (SSSR count). The molecule has 4 N–H and O–H groups in total. The van der Waals surface area contributed by atoms with Crippen molar-refractivity contribution in [3.05, 3.63) is 59.5 Å². The number of hydrogen-bond donors (Lipinski definition) is 3. The lowest BCUT2D eigenvalue weighted by molar-refractivity contribution is -0.122. The zero-order valence-electron chi connectivity index (χ0n) is 18.0. The minimum absolute atomic E-state index is 0.0551. The first-order chi connectivity index (χ1) is 15.1. The van der Waals surface area contributed by atoms with E-state index in [0.717, 1.165) is 43.9 Å². The number of nitrogens with zero attached hydrogens (tertiary/aromatic N) is 3. The maximum atomic E-state index is 13.8. The Morgan fingerprint density at radius 3 is 2.65 bits per heavy atom. The third-order valence-electron chi connectivity index (χ3n) is 5.46. The predicted octanol–water partition coefficient (Wildman–Crippen LogP) is 2.22. The van der Waals surface area contributed by atoms with Gasteiger partial charge in [0, 0.05) is 43.9 Å². The van der Waals surface area contributed by atoms with E-state index in [1.54, 1.807) is 18.3 Å². The van der Waals surface area contributed by atoms with Crippen LogP contribution in [0.5, 0.6) is 0 Å². The fraction of sp³-hybridized carbons (Fsp3) is 0.435. The highest BCUT2D eigenvalue weighted by Crippen LogP contribution is 2.24. The van der Waals surface area contributed by atoms with Gasteiger partial charge in [-0.3, -0.25) is 4.79 Å². The van der Waals surface area contributed by atoms with Crippen LogP contribution in [0.2, 0.25) is 0 Å². The number of primary amides is 1. The lowest BCUT2D eigenvalue weighted by atomic mass is 9.96. The maximum Gasteiger partial charge on any atom is 0.220 e. The fourth-order valence-corrected chi connectivity index (χ4v) is 3.74. The highest BCUT2D eigenvalue weighted by molar-refractivity contribution is 5.80. The second-order valence-corrected chi connectivity index (χ2v) is 7.61. The summed E-state index contributed by atoms with van der Waals surface area (Å²) in [5.41, 5.74) is 7.15. The van der Waals surface area contributed by atoms with E-state index < -0.39 is 0 Å². The van der Waals surface area contributed by atoms with Gasteiger partial charge < -0.3 is 21.3 Å². The second kappa shape index (κ2) is 11.3. The first kappa shape index (κ1) is 22.5. The van der Waals surface area contributed by atoms with E-state index in [1.807, 2.05) is 25.1 Å². The monoisotopic (exact) mass is 426 g/mol. The molecule has 166 valence electrons. The van der Waals surface area contributed by atoms with Crippen molar-refractivity contribution in [2.45, 2.75) is 32.7 Å². The van der Waals surface area contributed by atoms with Crippen LogP contribution in [-0.2, 0) is 17.8 Å². The summed E-state index contributed by atoms with van der Waals surface area (Å²) < 4.78 is 13.8. The van der Waals surface area contributed by atoms with Gasteiger partial charge in [-0.1, -0.05) is 24.3 Å². The van der Waals surface area contributed by atoms with Crippen LogP contribution in [0, 0.1) is 11.7 Å². The first-order valence-corrected chi connectivity index (χ1v) is 10.8. The summed E-state index contributed by atoms with van der Waals surface area (Å²) in [5.74, 6) is 1.12. The molecule has 2 heterocycles. The molecule has 1 amide bonds. The van der Waals surface area contributed by atoms with E-state index in [1.165, 1.54) is 6.07 Å². The van der Waals surface area contributed by atoms with Gasteiger partial charge in [0.05, 0.1) is 6.54 Å². The van der Waals surface area contributed by atoms with Gasteiger partial charge in [0.25, 0.3) is 0 Å². The summed E-state index contributed by atoms with van der Waals surface area (Å²) in [6.45, 7) is 5.28. The Labute approximate surface area is 183 Å². The second-order valence-electron chi connectivity index (χ2n) is 7.61. The minimum atomic E-state index is -0.220. The van der Waals surface area contributed by atoms with Crippen LogP contribution in [0.4, 0.5) is 10.2 Å². The molecule has 1 aliphatic heterocycles. The standard InChI is InChI=1S/C23H31FN6O/c1-2-26-23(28-13-9-17-6-3-4-8-20(17)24)29-16-19-7-5-12-27-22(19)30-14-10-18(11-15-30)21(25)31/h3-8,12,18H,2,9-11,13-16H2,1H3,(H2,25,31)(H2,26,28,29). The molecule has 0 spiro atoms. The Hall–Kier alpha value is -3.16. The van der Waals surface area contributed by atoms with Crippen LogP contribution in [0.1, 0.15) is 30.9 Å². The largest absolute Gasteiger partial charge is 0.369 e. The highest BCUT2D eigenvalue weighted by Gasteiger charge is 2.24. The van der Waals surface area contributed by atoms with Crippen molar-refractivity contribution < 1.29 is 9.18 Å². The van der Waals surface area contributed by atoms with Crippen LogP contribution < -0.4 is 21.3 Å². The summed E-state index contributed by atoms with van der Waals surface area (Å²) >= 11 is 0. The van der Waals surface area contributed by atoms with Gasteiger partial charge in [-0.15, -0.1) is 0 Å². The van der Waals surface area contributed by atoms with Crippen molar-refractivity contribution >= 4 is 17.7 Å². The van der Waals surface area contributed by atoms with Crippen LogP contribution in [0.25, 0.3) is 0 Å². The van der Waals surface area contributed by atoms with Gasteiger partial charge >= 0.3 is 0 Å². The number of aromatic nitrogens is 1. The lowest BCUT2D eigenvalue weighted by Crippen LogP contribution is -2.39. The number of guanidine groups is 1. The molecule has 0 unspecified atom stereocenters. The molecule has 1 aromatic carbocycles. The van der Waals surface area contributed by atoms with Crippen molar-refractivity contribution in [3.8, 4) is 0 Å². The fourth-order valence-electron chi connectivity index (χ4n) is 3.74. The number of nitrogens with two attached hydrogens (primary N) is 1. The Kier molecular flexibility index (Phi) is 8.20. The third-order valence-corrected chi connectivity index (χ3v) is 5.46. The number of carbonyl (C=O) groups is 1. The smallest absolute Gasteiger partial charge is 0.220 e. The van der Waals surface area contributed by atoms with E-state index in [4.69, 9.17) is 10.7 Å². The molecule has 7 nitrogen and oxygen atoms in total. The van der Waals surface area contributed by atoms with Crippen LogP contribution >= 0.6 is 0 Å². The number of nitrogens with one attached hydrogen (secondary N) is 2. The van der Waals surface area contributed by atoms with Crippen molar-refractivity contribution in [3.63, 3.8) is 0 Å². The van der Waals surface area contributed by atoms with Crippen molar-refractivity contribution in [2.24, 2.45) is 16.6 Å². The summed E-state index contributed by atoms with van der Waals surface area (Å²) in [7, 11) is 0. The van der Waals surface area contributed by atoms with Crippen LogP contribution in [-0.4, -0.2) is 43.0 Å². The SMILES string of the molecule is CCNC(=NCc1cccnc1N1CCC(C(N)=O)CC1)NCCc1ccccc1F. The number of benzene rings is 1. The van der Waals surface area contributed by atoms with E-state index >= 15 is 0 Å². The Balaban J connectivity index is 1.62. The topological polar surface area (TPSA) is 95.6 Å². The van der Waals surface area contributed by atoms with Gasteiger partial charge in [0.15, 0.2) is 5.96 Å². The Morgan fingerprint density at radius 1 is 1.19 bits per heavy atom. The molecule has 0 bridgehead atoms. The van der Waals surface area contributed by atoms with Crippen molar-refractivity contribution in [1.82, 2.24) is 15.6 Å². The minimum Gasteiger partial charge on any atom is -0.369 e. The lowest BCUT2D eigenvalue weighted by Gasteiger charge is -2.32. The third kappa shape index (κ3) is 6.41. The number of rotatable bonds is 8. The molecular weight excluding hydrogens is 395 g/mol. The quantitative estimate of drug-likeness (QED) is 0.444. The average molecular weight is 427 g/mol. The maximum absolute atomic E-state index is 13.8. The molecule has 0 saturated carbocycles.